The third-order valence-corrected chi connectivity index (χ3v) is 10.6. The van der Waals surface area contributed by atoms with E-state index in [1.165, 1.54) is 52.8 Å². The van der Waals surface area contributed by atoms with Gasteiger partial charge in [0.2, 0.25) is 5.95 Å². The molecule has 0 fully saturated rings. The Morgan fingerprint density at radius 2 is 0.958 bits per heavy atom. The van der Waals surface area contributed by atoms with E-state index in [1.54, 1.807) is 0 Å². The number of aromatic nitrogens is 3. The van der Waals surface area contributed by atoms with Gasteiger partial charge in [0.1, 0.15) is 0 Å². The van der Waals surface area contributed by atoms with Crippen LogP contribution in [0.15, 0.2) is 164 Å². The van der Waals surface area contributed by atoms with Crippen LogP contribution in [0.4, 0.5) is 0 Å². The quantitative estimate of drug-likeness (QED) is 0.194. The molecule has 3 heterocycles. The maximum atomic E-state index is 5.32. The summed E-state index contributed by atoms with van der Waals surface area (Å²) in [4.78, 5) is 10.6. The molecule has 7 aromatic carbocycles. The van der Waals surface area contributed by atoms with E-state index in [2.05, 4.69) is 156 Å². The van der Waals surface area contributed by atoms with Gasteiger partial charge >= 0.3 is 0 Å². The molecule has 0 atom stereocenters. The summed E-state index contributed by atoms with van der Waals surface area (Å²) in [5, 5.41) is 7.49. The smallest absolute Gasteiger partial charge is 0.235 e. The Bertz CT molecular complexity index is 2760. The number of benzene rings is 7. The van der Waals surface area contributed by atoms with Crippen molar-refractivity contribution in [2.24, 2.45) is 0 Å². The van der Waals surface area contributed by atoms with Crippen molar-refractivity contribution in [3.63, 3.8) is 0 Å². The highest BCUT2D eigenvalue weighted by Crippen LogP contribution is 2.48. The Kier molecular flexibility index (Phi) is 6.05. The van der Waals surface area contributed by atoms with Crippen molar-refractivity contribution >= 4 is 64.1 Å². The van der Waals surface area contributed by atoms with E-state index in [4.69, 9.17) is 9.97 Å². The number of thiophene rings is 1. The first-order valence-corrected chi connectivity index (χ1v) is 17.0. The van der Waals surface area contributed by atoms with Crippen LogP contribution in [0.2, 0.25) is 0 Å². The minimum Gasteiger partial charge on any atom is -0.276 e. The van der Waals surface area contributed by atoms with Crippen LogP contribution in [0.3, 0.4) is 0 Å². The molecule has 0 saturated heterocycles. The molecule has 0 radical (unpaired) electrons. The number of para-hydroxylation sites is 1. The summed E-state index contributed by atoms with van der Waals surface area (Å²) >= 11 is 1.86. The number of fused-ring (bicyclic) bond motifs is 10. The molecule has 10 rings (SSSR count). The molecule has 10 aromatic rings. The Morgan fingerprint density at radius 1 is 0.417 bits per heavy atom. The molecule has 0 N–H and O–H groups in total. The molecule has 0 bridgehead atoms. The van der Waals surface area contributed by atoms with Crippen molar-refractivity contribution in [1.82, 2.24) is 14.5 Å². The molecule has 0 spiro atoms. The van der Waals surface area contributed by atoms with Gasteiger partial charge in [-0.25, -0.2) is 9.97 Å². The number of hydrogen-bond acceptors (Lipinski definition) is 3. The van der Waals surface area contributed by atoms with Gasteiger partial charge in [0, 0.05) is 37.4 Å². The average molecular weight is 630 g/mol. The second-order valence-electron chi connectivity index (χ2n) is 12.2. The van der Waals surface area contributed by atoms with Crippen LogP contribution in [0.25, 0.3) is 92.3 Å². The number of rotatable bonds is 4. The van der Waals surface area contributed by atoms with Crippen LogP contribution in [-0.4, -0.2) is 14.5 Å². The first kappa shape index (κ1) is 27.1. The van der Waals surface area contributed by atoms with E-state index in [-0.39, 0.29) is 0 Å². The Labute approximate surface area is 281 Å². The fourth-order valence-electron chi connectivity index (χ4n) is 7.24. The van der Waals surface area contributed by atoms with Crippen molar-refractivity contribution < 1.29 is 0 Å². The molecule has 4 heteroatoms. The number of hydrogen-bond donors (Lipinski definition) is 0. The molecule has 0 unspecified atom stereocenters. The zero-order valence-electron chi connectivity index (χ0n) is 25.8. The molecule has 0 aliphatic rings. The Morgan fingerprint density at radius 3 is 1.60 bits per heavy atom. The summed E-state index contributed by atoms with van der Waals surface area (Å²) in [6.45, 7) is 0. The van der Waals surface area contributed by atoms with Crippen molar-refractivity contribution in [3.8, 4) is 39.6 Å². The highest BCUT2D eigenvalue weighted by atomic mass is 32.1. The van der Waals surface area contributed by atoms with Gasteiger partial charge < -0.3 is 0 Å². The predicted molar refractivity (Wildman–Crippen MR) is 203 cm³/mol. The second kappa shape index (κ2) is 10.7. The topological polar surface area (TPSA) is 30.7 Å². The van der Waals surface area contributed by atoms with Crippen molar-refractivity contribution in [2.45, 2.75) is 0 Å². The molecule has 0 saturated carbocycles. The van der Waals surface area contributed by atoms with E-state index in [1.807, 2.05) is 23.5 Å². The summed E-state index contributed by atoms with van der Waals surface area (Å²) in [5.41, 5.74) is 8.60. The lowest BCUT2D eigenvalue weighted by atomic mass is 9.97. The average Bonchev–Trinajstić information content (AvgIpc) is 3.72. The molecule has 0 aliphatic heterocycles. The monoisotopic (exact) mass is 629 g/mol. The van der Waals surface area contributed by atoms with E-state index in [0.717, 1.165) is 33.5 Å². The lowest BCUT2D eigenvalue weighted by molar-refractivity contribution is 0.998. The van der Waals surface area contributed by atoms with Gasteiger partial charge in [-0.1, -0.05) is 140 Å². The van der Waals surface area contributed by atoms with Crippen LogP contribution < -0.4 is 0 Å². The lowest BCUT2D eigenvalue weighted by Crippen LogP contribution is -2.04. The summed E-state index contributed by atoms with van der Waals surface area (Å²) in [6.07, 6.45) is 0. The van der Waals surface area contributed by atoms with Gasteiger partial charge in [-0.3, -0.25) is 4.57 Å². The Balaban J connectivity index is 1.38. The zero-order valence-corrected chi connectivity index (χ0v) is 26.7. The third kappa shape index (κ3) is 4.13. The maximum Gasteiger partial charge on any atom is 0.235 e. The molecule has 224 valence electrons. The minimum absolute atomic E-state index is 0.667. The van der Waals surface area contributed by atoms with Gasteiger partial charge in [0.15, 0.2) is 0 Å². The highest BCUT2D eigenvalue weighted by molar-refractivity contribution is 7.27. The molecular formula is C44H27N3S. The summed E-state index contributed by atoms with van der Waals surface area (Å²) < 4.78 is 4.82. The summed E-state index contributed by atoms with van der Waals surface area (Å²) in [6, 6.07) is 58.1. The third-order valence-electron chi connectivity index (χ3n) is 9.40. The van der Waals surface area contributed by atoms with E-state index in [0.29, 0.717) is 5.95 Å². The van der Waals surface area contributed by atoms with Crippen LogP contribution in [0.5, 0.6) is 0 Å². The van der Waals surface area contributed by atoms with Crippen LogP contribution in [0.1, 0.15) is 0 Å². The van der Waals surface area contributed by atoms with Gasteiger partial charge in [-0.05, 0) is 46.2 Å². The van der Waals surface area contributed by atoms with Crippen LogP contribution in [-0.2, 0) is 0 Å². The summed E-state index contributed by atoms with van der Waals surface area (Å²) in [5.74, 6) is 0.667. The van der Waals surface area contributed by atoms with E-state index in [9.17, 15) is 0 Å². The molecule has 3 nitrogen and oxygen atoms in total. The van der Waals surface area contributed by atoms with Gasteiger partial charge in [0.05, 0.1) is 27.1 Å². The van der Waals surface area contributed by atoms with Gasteiger partial charge in [-0.2, -0.15) is 0 Å². The van der Waals surface area contributed by atoms with E-state index < -0.39 is 0 Å². The minimum atomic E-state index is 0.667. The maximum absolute atomic E-state index is 5.32. The zero-order chi connectivity index (χ0) is 31.6. The second-order valence-corrected chi connectivity index (χ2v) is 13.2. The predicted octanol–water partition coefficient (Wildman–Crippen LogP) is 12.1. The first-order valence-electron chi connectivity index (χ1n) is 16.2. The van der Waals surface area contributed by atoms with Gasteiger partial charge in [0.25, 0.3) is 0 Å². The summed E-state index contributed by atoms with van der Waals surface area (Å²) in [7, 11) is 0. The molecule has 0 amide bonds. The standard InChI is InChI=1S/C44H27N3S/c1-4-14-28(15-5-1)31-24-25-39-35(26-31)41-33-21-11-10-20-32(33)40-34-22-12-13-23-38(34)47(42(40)43(41)48-39)44-45-36(29-16-6-2-7-17-29)27-37(46-44)30-18-8-3-9-19-30/h1-27H. The Hall–Kier alpha value is -6.10. The molecule has 48 heavy (non-hydrogen) atoms. The molecule has 3 aromatic heterocycles. The van der Waals surface area contributed by atoms with Crippen molar-refractivity contribution in [1.29, 1.82) is 0 Å². The van der Waals surface area contributed by atoms with E-state index >= 15 is 0 Å². The first-order chi connectivity index (χ1) is 23.8. The molecular weight excluding hydrogens is 603 g/mol. The SMILES string of the molecule is c1ccc(-c2ccc3sc4c(c3c2)c2ccccc2c2c3ccccc3n(-c3nc(-c5ccccc5)cc(-c5ccccc5)n3)c42)cc1. The lowest BCUT2D eigenvalue weighted by Gasteiger charge is -2.12. The van der Waals surface area contributed by atoms with Gasteiger partial charge in [-0.15, -0.1) is 11.3 Å². The van der Waals surface area contributed by atoms with Crippen LogP contribution >= 0.6 is 11.3 Å². The normalized spacial score (nSPS) is 11.8. The van der Waals surface area contributed by atoms with Crippen molar-refractivity contribution in [2.75, 3.05) is 0 Å². The fraction of sp³-hybridized carbons (Fsp3) is 0. The number of nitrogens with zero attached hydrogens (tertiary/aromatic N) is 3. The largest absolute Gasteiger partial charge is 0.276 e. The fourth-order valence-corrected chi connectivity index (χ4v) is 8.48. The van der Waals surface area contributed by atoms with Crippen LogP contribution in [0, 0.1) is 0 Å². The highest BCUT2D eigenvalue weighted by Gasteiger charge is 2.23. The van der Waals surface area contributed by atoms with Crippen molar-refractivity contribution in [3.05, 3.63) is 164 Å². The molecule has 0 aliphatic carbocycles.